The molecule has 3 N–H and O–H groups in total. The highest BCUT2D eigenvalue weighted by atomic mass is 16.2. The van der Waals surface area contributed by atoms with Crippen LogP contribution >= 0.6 is 0 Å². The van der Waals surface area contributed by atoms with Crippen molar-refractivity contribution in [2.24, 2.45) is 5.73 Å². The first-order valence-corrected chi connectivity index (χ1v) is 5.56. The summed E-state index contributed by atoms with van der Waals surface area (Å²) < 4.78 is 0. The number of carbonyl (C=O) groups excluding carboxylic acids is 1. The molecule has 1 aromatic rings. The van der Waals surface area contributed by atoms with Crippen LogP contribution in [-0.2, 0) is 6.54 Å². The highest BCUT2D eigenvalue weighted by Crippen LogP contribution is 2.13. The topological polar surface area (TPSA) is 58.4 Å². The van der Waals surface area contributed by atoms with Crippen LogP contribution in [-0.4, -0.2) is 30.1 Å². The first-order chi connectivity index (χ1) is 7.74. The molecule has 1 heterocycles. The molecule has 86 valence electrons. The van der Waals surface area contributed by atoms with Crippen LogP contribution in [0.5, 0.6) is 0 Å². The predicted molar refractivity (Wildman–Crippen MR) is 62.8 cm³/mol. The van der Waals surface area contributed by atoms with Crippen molar-refractivity contribution in [3.63, 3.8) is 0 Å². The fourth-order valence-electron chi connectivity index (χ4n) is 2.14. The van der Waals surface area contributed by atoms with E-state index in [2.05, 4.69) is 22.3 Å². The largest absolute Gasteiger partial charge is 0.352 e. The van der Waals surface area contributed by atoms with Gasteiger partial charge in [0.05, 0.1) is 0 Å². The maximum atomic E-state index is 10.7. The molecule has 0 aliphatic carbocycles. The Bertz CT molecular complexity index is 353. The molecule has 1 aliphatic heterocycles. The van der Waals surface area contributed by atoms with Crippen LogP contribution in [0.3, 0.4) is 0 Å². The summed E-state index contributed by atoms with van der Waals surface area (Å²) in [5, 5.41) is 2.75. The van der Waals surface area contributed by atoms with E-state index >= 15 is 0 Å². The lowest BCUT2D eigenvalue weighted by Gasteiger charge is -2.16. The van der Waals surface area contributed by atoms with Crippen molar-refractivity contribution in [3.8, 4) is 0 Å². The fourth-order valence-corrected chi connectivity index (χ4v) is 2.14. The molecule has 0 bridgehead atoms. The molecule has 0 aromatic heterocycles. The molecular weight excluding hydrogens is 202 g/mol. The summed E-state index contributed by atoms with van der Waals surface area (Å²) in [7, 11) is 0. The maximum Gasteiger partial charge on any atom is 0.312 e. The number of benzene rings is 1. The van der Waals surface area contributed by atoms with E-state index in [9.17, 15) is 4.79 Å². The van der Waals surface area contributed by atoms with E-state index in [1.807, 2.05) is 18.2 Å². The van der Waals surface area contributed by atoms with Gasteiger partial charge in [0.15, 0.2) is 0 Å². The number of primary amides is 1. The summed E-state index contributed by atoms with van der Waals surface area (Å²) in [5.41, 5.74) is 6.41. The summed E-state index contributed by atoms with van der Waals surface area (Å²) in [6, 6.07) is 10.1. The summed E-state index contributed by atoms with van der Waals surface area (Å²) >= 11 is 0. The third kappa shape index (κ3) is 2.97. The third-order valence-electron chi connectivity index (χ3n) is 2.87. The average molecular weight is 219 g/mol. The maximum absolute atomic E-state index is 10.7. The molecule has 4 nitrogen and oxygen atoms in total. The monoisotopic (exact) mass is 219 g/mol. The molecule has 0 saturated carbocycles. The van der Waals surface area contributed by atoms with Gasteiger partial charge < -0.3 is 11.1 Å². The first-order valence-electron chi connectivity index (χ1n) is 5.56. The number of carbonyl (C=O) groups is 1. The minimum Gasteiger partial charge on any atom is -0.352 e. The zero-order valence-corrected chi connectivity index (χ0v) is 9.23. The van der Waals surface area contributed by atoms with Gasteiger partial charge >= 0.3 is 6.03 Å². The third-order valence-corrected chi connectivity index (χ3v) is 2.87. The van der Waals surface area contributed by atoms with E-state index in [4.69, 9.17) is 5.73 Å². The van der Waals surface area contributed by atoms with Gasteiger partial charge in [-0.25, -0.2) is 4.79 Å². The lowest BCUT2D eigenvalue weighted by Crippen LogP contribution is -2.40. The average Bonchev–Trinajstić information content (AvgIpc) is 2.66. The van der Waals surface area contributed by atoms with Crippen molar-refractivity contribution >= 4 is 6.03 Å². The predicted octanol–water partition coefficient (Wildman–Crippen LogP) is 0.929. The lowest BCUT2D eigenvalue weighted by molar-refractivity contribution is 0.244. The van der Waals surface area contributed by atoms with Gasteiger partial charge in [-0.2, -0.15) is 0 Å². The van der Waals surface area contributed by atoms with Crippen LogP contribution in [0.1, 0.15) is 12.0 Å². The van der Waals surface area contributed by atoms with Crippen molar-refractivity contribution < 1.29 is 4.79 Å². The molecule has 2 rings (SSSR count). The van der Waals surface area contributed by atoms with Crippen LogP contribution in [0.15, 0.2) is 30.3 Å². The van der Waals surface area contributed by atoms with Crippen molar-refractivity contribution in [1.82, 2.24) is 10.2 Å². The highest BCUT2D eigenvalue weighted by Gasteiger charge is 2.22. The second kappa shape index (κ2) is 4.99. The lowest BCUT2D eigenvalue weighted by atomic mass is 10.2. The number of rotatable bonds is 3. The second-order valence-corrected chi connectivity index (χ2v) is 4.21. The SMILES string of the molecule is NC(=O)N[C@@H]1CCN(Cc2ccccc2)C1. The summed E-state index contributed by atoms with van der Waals surface area (Å²) in [5.74, 6) is 0. The zero-order valence-electron chi connectivity index (χ0n) is 9.23. The van der Waals surface area contributed by atoms with E-state index in [0.717, 1.165) is 26.1 Å². The molecular formula is C12H17N3O. The Morgan fingerprint density at radius 2 is 2.19 bits per heavy atom. The van der Waals surface area contributed by atoms with Gasteiger partial charge in [0.25, 0.3) is 0 Å². The van der Waals surface area contributed by atoms with Crippen LogP contribution in [0.2, 0.25) is 0 Å². The number of nitrogens with two attached hydrogens (primary N) is 1. The van der Waals surface area contributed by atoms with Crippen molar-refractivity contribution in [2.45, 2.75) is 19.0 Å². The molecule has 0 unspecified atom stereocenters. The molecule has 1 atom stereocenters. The van der Waals surface area contributed by atoms with Gasteiger partial charge in [-0.3, -0.25) is 4.90 Å². The Labute approximate surface area is 95.4 Å². The van der Waals surface area contributed by atoms with E-state index in [-0.39, 0.29) is 6.04 Å². The van der Waals surface area contributed by atoms with Crippen LogP contribution in [0.25, 0.3) is 0 Å². The van der Waals surface area contributed by atoms with Crippen LogP contribution < -0.4 is 11.1 Å². The van der Waals surface area contributed by atoms with E-state index < -0.39 is 6.03 Å². The highest BCUT2D eigenvalue weighted by molar-refractivity contribution is 5.72. The molecule has 1 aliphatic rings. The normalized spacial score (nSPS) is 20.9. The van der Waals surface area contributed by atoms with Gasteiger partial charge in [-0.05, 0) is 12.0 Å². The summed E-state index contributed by atoms with van der Waals surface area (Å²) in [6.07, 6.45) is 0.982. The quantitative estimate of drug-likeness (QED) is 0.794. The van der Waals surface area contributed by atoms with Crippen molar-refractivity contribution in [2.75, 3.05) is 13.1 Å². The van der Waals surface area contributed by atoms with Crippen molar-refractivity contribution in [1.29, 1.82) is 0 Å². The van der Waals surface area contributed by atoms with Gasteiger partial charge in [0.1, 0.15) is 0 Å². The number of amides is 2. The smallest absolute Gasteiger partial charge is 0.312 e. The van der Waals surface area contributed by atoms with Gasteiger partial charge in [-0.1, -0.05) is 30.3 Å². The molecule has 1 fully saturated rings. The summed E-state index contributed by atoms with van der Waals surface area (Å²) in [4.78, 5) is 13.0. The van der Waals surface area contributed by atoms with Gasteiger partial charge in [0.2, 0.25) is 0 Å². The number of nitrogens with zero attached hydrogens (tertiary/aromatic N) is 1. The zero-order chi connectivity index (χ0) is 11.4. The molecule has 1 saturated heterocycles. The first kappa shape index (κ1) is 11.0. The van der Waals surface area contributed by atoms with Crippen LogP contribution in [0.4, 0.5) is 4.79 Å². The number of urea groups is 1. The van der Waals surface area contributed by atoms with E-state index in [1.165, 1.54) is 5.56 Å². The number of likely N-dealkylation sites (tertiary alicyclic amines) is 1. The Morgan fingerprint density at radius 3 is 2.88 bits per heavy atom. The minimum absolute atomic E-state index is 0.209. The Hall–Kier alpha value is -1.55. The number of nitrogens with one attached hydrogen (secondary N) is 1. The van der Waals surface area contributed by atoms with Gasteiger partial charge in [-0.15, -0.1) is 0 Å². The molecule has 2 amide bonds. The number of hydrogen-bond acceptors (Lipinski definition) is 2. The molecule has 0 radical (unpaired) electrons. The van der Waals surface area contributed by atoms with Gasteiger partial charge in [0, 0.05) is 25.7 Å². The minimum atomic E-state index is -0.424. The van der Waals surface area contributed by atoms with Crippen molar-refractivity contribution in [3.05, 3.63) is 35.9 Å². The van der Waals surface area contributed by atoms with E-state index in [0.29, 0.717) is 0 Å². The Balaban J connectivity index is 1.83. The Morgan fingerprint density at radius 1 is 1.44 bits per heavy atom. The van der Waals surface area contributed by atoms with E-state index in [1.54, 1.807) is 0 Å². The molecule has 0 spiro atoms. The second-order valence-electron chi connectivity index (χ2n) is 4.21. The summed E-state index contributed by atoms with van der Waals surface area (Å²) in [6.45, 7) is 2.84. The number of hydrogen-bond donors (Lipinski definition) is 2. The fraction of sp³-hybridized carbons (Fsp3) is 0.417. The Kier molecular flexibility index (Phi) is 3.41. The molecule has 16 heavy (non-hydrogen) atoms. The standard InChI is InChI=1S/C12H17N3O/c13-12(16)14-11-6-7-15(9-11)8-10-4-2-1-3-5-10/h1-5,11H,6-9H2,(H3,13,14,16)/t11-/m1/s1. The molecule has 4 heteroatoms. The van der Waals surface area contributed by atoms with Crippen LogP contribution in [0, 0.1) is 0 Å². The molecule has 1 aromatic carbocycles.